The Balaban J connectivity index is 2.13. The molecule has 0 saturated heterocycles. The molecule has 0 aromatic heterocycles. The second-order valence-electron chi connectivity index (χ2n) is 3.81. The fraction of sp³-hybridized carbons (Fsp3) is 0.778. The van der Waals surface area contributed by atoms with Crippen LogP contribution in [0.25, 0.3) is 0 Å². The first-order valence-corrected chi connectivity index (χ1v) is 5.16. The summed E-state index contributed by atoms with van der Waals surface area (Å²) >= 11 is 0. The number of nitrogens with two attached hydrogens (primary N) is 1. The molecule has 0 radical (unpaired) electrons. The number of carboxylic acid groups (broad SMARTS) is 1. The van der Waals surface area contributed by atoms with E-state index in [-0.39, 0.29) is 5.96 Å². The van der Waals surface area contributed by atoms with Crippen molar-refractivity contribution in [3.63, 3.8) is 0 Å². The van der Waals surface area contributed by atoms with Crippen LogP contribution in [0.15, 0.2) is 0 Å². The van der Waals surface area contributed by atoms with Crippen molar-refractivity contribution in [3.8, 4) is 0 Å². The summed E-state index contributed by atoms with van der Waals surface area (Å²) in [6, 6.07) is -0.0712. The van der Waals surface area contributed by atoms with Crippen LogP contribution in [-0.4, -0.2) is 35.7 Å². The number of rotatable bonds is 7. The highest BCUT2D eigenvalue weighted by Crippen LogP contribution is 2.20. The molecule has 0 aliphatic heterocycles. The number of aliphatic carboxylic acids is 1. The van der Waals surface area contributed by atoms with Crippen molar-refractivity contribution >= 4 is 11.9 Å². The molecule has 0 spiro atoms. The summed E-state index contributed by atoms with van der Waals surface area (Å²) in [6.07, 6.45) is 3.41. The van der Waals surface area contributed by atoms with Gasteiger partial charge in [0, 0.05) is 12.6 Å². The van der Waals surface area contributed by atoms with Crippen molar-refractivity contribution in [2.75, 3.05) is 6.54 Å². The van der Waals surface area contributed by atoms with Crippen LogP contribution in [0, 0.1) is 5.41 Å². The van der Waals surface area contributed by atoms with Gasteiger partial charge in [-0.3, -0.25) is 10.2 Å². The Labute approximate surface area is 88.7 Å². The molecule has 0 bridgehead atoms. The zero-order chi connectivity index (χ0) is 11.3. The first-order valence-electron chi connectivity index (χ1n) is 5.16. The number of carboxylic acids is 1. The van der Waals surface area contributed by atoms with E-state index < -0.39 is 12.0 Å². The number of hydrogen-bond donors (Lipinski definition) is 5. The molecule has 6 heteroatoms. The molecule has 1 atom stereocenters. The predicted molar refractivity (Wildman–Crippen MR) is 56.7 cm³/mol. The standard InChI is InChI=1S/C9H18N4O2/c10-9(11)12-5-1-2-7(8(14)15)13-6-3-4-6/h6-7,13H,1-5H2,(H,14,15)(H4,10,11,12)/t7-/m0/s1. The summed E-state index contributed by atoms with van der Waals surface area (Å²) in [6.45, 7) is 0.547. The molecule has 0 amide bonds. The Kier molecular flexibility index (Phi) is 4.36. The fourth-order valence-electron chi connectivity index (χ4n) is 1.34. The maximum atomic E-state index is 10.8. The topological polar surface area (TPSA) is 111 Å². The van der Waals surface area contributed by atoms with Crippen molar-refractivity contribution in [2.45, 2.75) is 37.8 Å². The number of nitrogens with one attached hydrogen (secondary N) is 3. The van der Waals surface area contributed by atoms with Crippen LogP contribution < -0.4 is 16.4 Å². The zero-order valence-corrected chi connectivity index (χ0v) is 8.62. The number of guanidine groups is 1. The van der Waals surface area contributed by atoms with E-state index in [4.69, 9.17) is 16.2 Å². The lowest BCUT2D eigenvalue weighted by molar-refractivity contribution is -0.139. The van der Waals surface area contributed by atoms with Gasteiger partial charge in [-0.2, -0.15) is 0 Å². The molecular weight excluding hydrogens is 196 g/mol. The quantitative estimate of drug-likeness (QED) is 0.222. The van der Waals surface area contributed by atoms with Crippen LogP contribution >= 0.6 is 0 Å². The number of carbonyl (C=O) groups is 1. The van der Waals surface area contributed by atoms with E-state index in [1.807, 2.05) is 0 Å². The summed E-state index contributed by atoms with van der Waals surface area (Å²) in [5, 5.41) is 21.5. The summed E-state index contributed by atoms with van der Waals surface area (Å²) in [4.78, 5) is 10.8. The minimum atomic E-state index is -0.801. The van der Waals surface area contributed by atoms with E-state index in [0.717, 1.165) is 12.8 Å². The third-order valence-corrected chi connectivity index (χ3v) is 2.30. The molecule has 15 heavy (non-hydrogen) atoms. The van der Waals surface area contributed by atoms with Crippen LogP contribution in [0.5, 0.6) is 0 Å². The minimum Gasteiger partial charge on any atom is -0.480 e. The van der Waals surface area contributed by atoms with E-state index in [0.29, 0.717) is 25.4 Å². The monoisotopic (exact) mass is 214 g/mol. The molecule has 1 aliphatic carbocycles. The van der Waals surface area contributed by atoms with Crippen LogP contribution in [0.4, 0.5) is 0 Å². The Morgan fingerprint density at radius 3 is 2.73 bits per heavy atom. The average Bonchev–Trinajstić information content (AvgIpc) is 2.93. The molecule has 0 aromatic rings. The second-order valence-corrected chi connectivity index (χ2v) is 3.81. The van der Waals surface area contributed by atoms with Gasteiger partial charge >= 0.3 is 5.97 Å². The van der Waals surface area contributed by atoms with E-state index in [1.54, 1.807) is 0 Å². The normalized spacial score (nSPS) is 17.1. The van der Waals surface area contributed by atoms with Gasteiger partial charge in [0.25, 0.3) is 0 Å². The van der Waals surface area contributed by atoms with Crippen LogP contribution in [-0.2, 0) is 4.79 Å². The highest BCUT2D eigenvalue weighted by Gasteiger charge is 2.27. The Morgan fingerprint density at radius 2 is 2.27 bits per heavy atom. The van der Waals surface area contributed by atoms with Gasteiger partial charge in [0.05, 0.1) is 0 Å². The summed E-state index contributed by atoms with van der Waals surface area (Å²) in [7, 11) is 0. The molecule has 1 aliphatic rings. The predicted octanol–water partition coefficient (Wildman–Crippen LogP) is -0.545. The third-order valence-electron chi connectivity index (χ3n) is 2.30. The fourth-order valence-corrected chi connectivity index (χ4v) is 1.34. The average molecular weight is 214 g/mol. The minimum absolute atomic E-state index is 0.0722. The van der Waals surface area contributed by atoms with Gasteiger partial charge < -0.3 is 21.5 Å². The molecule has 86 valence electrons. The molecule has 0 unspecified atom stereocenters. The molecule has 1 fully saturated rings. The lowest BCUT2D eigenvalue weighted by atomic mass is 10.1. The molecule has 6 N–H and O–H groups in total. The zero-order valence-electron chi connectivity index (χ0n) is 8.62. The maximum absolute atomic E-state index is 10.8. The van der Waals surface area contributed by atoms with Crippen molar-refractivity contribution in [1.29, 1.82) is 5.41 Å². The molecule has 0 aromatic carbocycles. The van der Waals surface area contributed by atoms with Crippen molar-refractivity contribution in [1.82, 2.24) is 10.6 Å². The van der Waals surface area contributed by atoms with Gasteiger partial charge in [-0.15, -0.1) is 0 Å². The number of hydrogen-bond acceptors (Lipinski definition) is 3. The van der Waals surface area contributed by atoms with Gasteiger partial charge in [0.1, 0.15) is 6.04 Å². The van der Waals surface area contributed by atoms with E-state index in [2.05, 4.69) is 10.6 Å². The van der Waals surface area contributed by atoms with Crippen molar-refractivity contribution in [3.05, 3.63) is 0 Å². The van der Waals surface area contributed by atoms with E-state index >= 15 is 0 Å². The molecule has 0 heterocycles. The summed E-state index contributed by atoms with van der Waals surface area (Å²) in [5.74, 6) is -0.873. The lowest BCUT2D eigenvalue weighted by Gasteiger charge is -2.13. The van der Waals surface area contributed by atoms with Crippen molar-refractivity contribution in [2.24, 2.45) is 5.73 Å². The molecule has 6 nitrogen and oxygen atoms in total. The van der Waals surface area contributed by atoms with Gasteiger partial charge in [0.15, 0.2) is 5.96 Å². The molecular formula is C9H18N4O2. The Bertz CT molecular complexity index is 240. The lowest BCUT2D eigenvalue weighted by Crippen LogP contribution is -2.39. The van der Waals surface area contributed by atoms with E-state index in [1.165, 1.54) is 0 Å². The van der Waals surface area contributed by atoms with Crippen LogP contribution in [0.2, 0.25) is 0 Å². The first-order chi connectivity index (χ1) is 7.09. The summed E-state index contributed by atoms with van der Waals surface area (Å²) < 4.78 is 0. The second kappa shape index (κ2) is 5.55. The molecule has 1 rings (SSSR count). The van der Waals surface area contributed by atoms with E-state index in [9.17, 15) is 4.79 Å². The Morgan fingerprint density at radius 1 is 1.60 bits per heavy atom. The van der Waals surface area contributed by atoms with Gasteiger partial charge in [-0.05, 0) is 25.7 Å². The highest BCUT2D eigenvalue weighted by atomic mass is 16.4. The summed E-state index contributed by atoms with van der Waals surface area (Å²) in [5.41, 5.74) is 5.10. The van der Waals surface area contributed by atoms with Gasteiger partial charge in [0.2, 0.25) is 0 Å². The first kappa shape index (κ1) is 11.8. The Hall–Kier alpha value is -1.30. The third kappa shape index (κ3) is 5.21. The SMILES string of the molecule is N=C(N)NCCC[C@H](NC1CC1)C(=O)O. The smallest absolute Gasteiger partial charge is 0.320 e. The highest BCUT2D eigenvalue weighted by molar-refractivity contribution is 5.74. The van der Waals surface area contributed by atoms with Gasteiger partial charge in [-0.1, -0.05) is 0 Å². The largest absolute Gasteiger partial charge is 0.480 e. The van der Waals surface area contributed by atoms with Gasteiger partial charge in [-0.25, -0.2) is 0 Å². The van der Waals surface area contributed by atoms with Crippen LogP contribution in [0.1, 0.15) is 25.7 Å². The molecule has 1 saturated carbocycles. The van der Waals surface area contributed by atoms with Crippen molar-refractivity contribution < 1.29 is 9.90 Å². The maximum Gasteiger partial charge on any atom is 0.320 e. The van der Waals surface area contributed by atoms with Crippen LogP contribution in [0.3, 0.4) is 0 Å².